The molecule has 3 aromatic rings. The first-order valence-corrected chi connectivity index (χ1v) is 11.3. The second kappa shape index (κ2) is 11.1. The van der Waals surface area contributed by atoms with Gasteiger partial charge in [-0.25, -0.2) is 15.4 Å². The highest BCUT2D eigenvalue weighted by molar-refractivity contribution is 14.1. The van der Waals surface area contributed by atoms with Gasteiger partial charge in [-0.2, -0.15) is 5.10 Å². The van der Waals surface area contributed by atoms with E-state index in [1.807, 2.05) is 68.4 Å². The molecule has 0 spiro atoms. The van der Waals surface area contributed by atoms with Crippen molar-refractivity contribution in [3.8, 4) is 5.75 Å². The topological polar surface area (TPSA) is 76.5 Å². The van der Waals surface area contributed by atoms with Crippen LogP contribution in [0.2, 0.25) is 0 Å². The zero-order chi connectivity index (χ0) is 21.3. The molecular formula is C22H21IN4O2S. The fourth-order valence-electron chi connectivity index (χ4n) is 2.55. The van der Waals surface area contributed by atoms with Crippen LogP contribution in [0.4, 0.5) is 0 Å². The number of amides is 1. The molecule has 0 aliphatic rings. The van der Waals surface area contributed by atoms with Gasteiger partial charge in [-0.05, 0) is 72.3 Å². The Kier molecular flexibility index (Phi) is 8.21. The van der Waals surface area contributed by atoms with E-state index in [0.717, 1.165) is 22.5 Å². The van der Waals surface area contributed by atoms with Gasteiger partial charge in [0.05, 0.1) is 12.0 Å². The molecule has 0 saturated carbocycles. The predicted molar refractivity (Wildman–Crippen MR) is 128 cm³/mol. The molecule has 1 amide bonds. The van der Waals surface area contributed by atoms with Crippen LogP contribution in [-0.4, -0.2) is 27.8 Å². The molecule has 1 heterocycles. The summed E-state index contributed by atoms with van der Waals surface area (Å²) in [6.07, 6.45) is 1.58. The first-order valence-electron chi connectivity index (χ1n) is 9.23. The summed E-state index contributed by atoms with van der Waals surface area (Å²) in [5, 5.41) is 4.64. The molecular weight excluding hydrogens is 511 g/mol. The first kappa shape index (κ1) is 22.2. The number of nitrogens with one attached hydrogen (secondary N) is 1. The quantitative estimate of drug-likeness (QED) is 0.152. The van der Waals surface area contributed by atoms with E-state index >= 15 is 0 Å². The molecule has 2 aromatic carbocycles. The summed E-state index contributed by atoms with van der Waals surface area (Å²) >= 11 is 3.55. The van der Waals surface area contributed by atoms with Crippen LogP contribution in [0.15, 0.2) is 64.9 Å². The molecule has 1 N–H and O–H groups in total. The first-order chi connectivity index (χ1) is 14.5. The van der Waals surface area contributed by atoms with Crippen molar-refractivity contribution in [2.24, 2.45) is 5.10 Å². The standard InChI is InChI=1S/C22H21IN4O2S/c1-15-11-16(2)26-22(25-15)30-14-21(28)27-24-12-18-5-3-4-6-20(18)29-13-17-7-9-19(23)10-8-17/h3-12H,13-14H2,1-2H3,(H,27,28)/b24-12-. The summed E-state index contributed by atoms with van der Waals surface area (Å²) < 4.78 is 7.10. The number of para-hydroxylation sites is 1. The average Bonchev–Trinajstić information content (AvgIpc) is 2.72. The lowest BCUT2D eigenvalue weighted by Crippen LogP contribution is -2.20. The zero-order valence-electron chi connectivity index (χ0n) is 16.6. The van der Waals surface area contributed by atoms with E-state index < -0.39 is 0 Å². The third-order valence-electron chi connectivity index (χ3n) is 3.91. The smallest absolute Gasteiger partial charge is 0.250 e. The number of rotatable bonds is 8. The molecule has 8 heteroatoms. The number of carbonyl (C=O) groups excluding carboxylic acids is 1. The minimum atomic E-state index is -0.226. The maximum atomic E-state index is 12.1. The lowest BCUT2D eigenvalue weighted by molar-refractivity contribution is -0.118. The summed E-state index contributed by atoms with van der Waals surface area (Å²) in [6, 6.07) is 17.6. The number of nitrogens with zero attached hydrogens (tertiary/aromatic N) is 3. The van der Waals surface area contributed by atoms with Crippen molar-refractivity contribution in [2.75, 3.05) is 5.75 Å². The van der Waals surface area contributed by atoms with Crippen LogP contribution in [0.1, 0.15) is 22.5 Å². The Hall–Kier alpha value is -2.46. The van der Waals surface area contributed by atoms with Gasteiger partial charge in [0.2, 0.25) is 0 Å². The van der Waals surface area contributed by atoms with E-state index in [4.69, 9.17) is 4.74 Å². The lowest BCUT2D eigenvalue weighted by atomic mass is 10.2. The molecule has 154 valence electrons. The third kappa shape index (κ3) is 7.10. The minimum absolute atomic E-state index is 0.186. The average molecular weight is 532 g/mol. The van der Waals surface area contributed by atoms with E-state index in [-0.39, 0.29) is 11.7 Å². The predicted octanol–water partition coefficient (Wildman–Crippen LogP) is 4.52. The Morgan fingerprint density at radius 3 is 2.57 bits per heavy atom. The molecule has 0 aliphatic carbocycles. The van der Waals surface area contributed by atoms with Crippen LogP contribution < -0.4 is 10.2 Å². The molecule has 0 aliphatic heterocycles. The van der Waals surface area contributed by atoms with Gasteiger partial charge in [-0.1, -0.05) is 36.0 Å². The van der Waals surface area contributed by atoms with Crippen molar-refractivity contribution in [3.63, 3.8) is 0 Å². The van der Waals surface area contributed by atoms with Crippen molar-refractivity contribution >= 4 is 46.5 Å². The van der Waals surface area contributed by atoms with Gasteiger partial charge in [0.25, 0.3) is 5.91 Å². The summed E-state index contributed by atoms with van der Waals surface area (Å²) in [5.41, 5.74) is 6.17. The molecule has 0 fully saturated rings. The van der Waals surface area contributed by atoms with E-state index in [2.05, 4.69) is 43.1 Å². The van der Waals surface area contributed by atoms with Crippen molar-refractivity contribution in [2.45, 2.75) is 25.6 Å². The maximum Gasteiger partial charge on any atom is 0.250 e. The number of carbonyl (C=O) groups is 1. The van der Waals surface area contributed by atoms with Crippen molar-refractivity contribution in [1.29, 1.82) is 0 Å². The Bertz CT molecular complexity index is 1020. The van der Waals surface area contributed by atoms with Gasteiger partial charge < -0.3 is 4.74 Å². The second-order valence-electron chi connectivity index (χ2n) is 6.47. The van der Waals surface area contributed by atoms with E-state index in [1.165, 1.54) is 15.3 Å². The normalized spacial score (nSPS) is 10.9. The molecule has 30 heavy (non-hydrogen) atoms. The van der Waals surface area contributed by atoms with Gasteiger partial charge in [-0.3, -0.25) is 4.79 Å². The Morgan fingerprint density at radius 1 is 1.13 bits per heavy atom. The Labute approximate surface area is 193 Å². The molecule has 0 bridgehead atoms. The summed E-state index contributed by atoms with van der Waals surface area (Å²) in [7, 11) is 0. The largest absolute Gasteiger partial charge is 0.488 e. The number of aryl methyl sites for hydroxylation is 2. The van der Waals surface area contributed by atoms with Crippen LogP contribution in [0.25, 0.3) is 0 Å². The Balaban J connectivity index is 1.52. The van der Waals surface area contributed by atoms with Crippen molar-refractivity contribution < 1.29 is 9.53 Å². The van der Waals surface area contributed by atoms with Crippen molar-refractivity contribution in [3.05, 3.63) is 80.7 Å². The number of hydrazone groups is 1. The van der Waals surface area contributed by atoms with Gasteiger partial charge in [0.15, 0.2) is 5.16 Å². The van der Waals surface area contributed by atoms with Crippen LogP contribution in [0, 0.1) is 17.4 Å². The molecule has 0 radical (unpaired) electrons. The van der Waals surface area contributed by atoms with Crippen LogP contribution >= 0.6 is 34.4 Å². The monoisotopic (exact) mass is 532 g/mol. The molecule has 6 nitrogen and oxygen atoms in total. The number of hydrogen-bond acceptors (Lipinski definition) is 6. The van der Waals surface area contributed by atoms with Crippen LogP contribution in [0.5, 0.6) is 5.75 Å². The number of hydrogen-bond donors (Lipinski definition) is 1. The highest BCUT2D eigenvalue weighted by Crippen LogP contribution is 2.18. The number of ether oxygens (including phenoxy) is 1. The number of halogens is 1. The molecule has 0 unspecified atom stereocenters. The summed E-state index contributed by atoms with van der Waals surface area (Å²) in [6.45, 7) is 4.27. The van der Waals surface area contributed by atoms with E-state index in [1.54, 1.807) is 6.21 Å². The number of thioether (sulfide) groups is 1. The van der Waals surface area contributed by atoms with Crippen molar-refractivity contribution in [1.82, 2.24) is 15.4 Å². The minimum Gasteiger partial charge on any atom is -0.488 e. The fraction of sp³-hybridized carbons (Fsp3) is 0.182. The van der Waals surface area contributed by atoms with Gasteiger partial charge in [0.1, 0.15) is 12.4 Å². The zero-order valence-corrected chi connectivity index (χ0v) is 19.6. The lowest BCUT2D eigenvalue weighted by Gasteiger charge is -2.09. The highest BCUT2D eigenvalue weighted by atomic mass is 127. The van der Waals surface area contributed by atoms with Crippen LogP contribution in [0.3, 0.4) is 0 Å². The number of aromatic nitrogens is 2. The molecule has 0 atom stereocenters. The summed E-state index contributed by atoms with van der Waals surface area (Å²) in [5.74, 6) is 0.661. The van der Waals surface area contributed by atoms with Gasteiger partial charge in [0, 0.05) is 20.5 Å². The SMILES string of the molecule is Cc1cc(C)nc(SCC(=O)N/N=C\c2ccccc2OCc2ccc(I)cc2)n1. The van der Waals surface area contributed by atoms with Gasteiger partial charge in [-0.15, -0.1) is 0 Å². The van der Waals surface area contributed by atoms with E-state index in [9.17, 15) is 4.79 Å². The third-order valence-corrected chi connectivity index (χ3v) is 5.48. The number of benzene rings is 2. The molecule has 1 aromatic heterocycles. The highest BCUT2D eigenvalue weighted by Gasteiger charge is 2.06. The maximum absolute atomic E-state index is 12.1. The summed E-state index contributed by atoms with van der Waals surface area (Å²) in [4.78, 5) is 20.7. The van der Waals surface area contributed by atoms with Gasteiger partial charge >= 0.3 is 0 Å². The van der Waals surface area contributed by atoms with E-state index in [0.29, 0.717) is 17.5 Å². The second-order valence-corrected chi connectivity index (χ2v) is 8.66. The molecule has 0 saturated heterocycles. The fourth-order valence-corrected chi connectivity index (χ4v) is 3.66. The molecule has 3 rings (SSSR count). The Morgan fingerprint density at radius 2 is 1.83 bits per heavy atom. The van der Waals surface area contributed by atoms with Crippen LogP contribution in [-0.2, 0) is 11.4 Å².